The Bertz CT molecular complexity index is 1100. The van der Waals surface area contributed by atoms with Crippen LogP contribution in [0.2, 0.25) is 0 Å². The molecule has 3 aromatic rings. The summed E-state index contributed by atoms with van der Waals surface area (Å²) in [5.41, 5.74) is 1.96. The van der Waals surface area contributed by atoms with Crippen LogP contribution in [0.4, 0.5) is 17.5 Å². The van der Waals surface area contributed by atoms with Crippen molar-refractivity contribution in [3.8, 4) is 0 Å². The molecular weight excluding hydrogens is 380 g/mol. The molecule has 1 saturated heterocycles. The number of aliphatic hydroxyl groups excluding tert-OH is 1. The highest BCUT2D eigenvalue weighted by atomic mass is 16.3. The van der Waals surface area contributed by atoms with Crippen molar-refractivity contribution in [1.82, 2.24) is 19.5 Å². The minimum atomic E-state index is -0.283. The molecule has 0 spiro atoms. The number of hydrogen-bond donors (Lipinski definition) is 2. The molecule has 8 nitrogen and oxygen atoms in total. The van der Waals surface area contributed by atoms with Gasteiger partial charge in [0.05, 0.1) is 18.5 Å². The zero-order chi connectivity index (χ0) is 20.5. The number of fused-ring (bicyclic) bond motifs is 1. The van der Waals surface area contributed by atoms with E-state index in [4.69, 9.17) is 0 Å². The van der Waals surface area contributed by atoms with Crippen molar-refractivity contribution in [2.45, 2.75) is 51.2 Å². The Morgan fingerprint density at radius 2 is 1.87 bits per heavy atom. The summed E-state index contributed by atoms with van der Waals surface area (Å²) in [5.74, 6) is 1.07. The van der Waals surface area contributed by atoms with Crippen molar-refractivity contribution in [1.29, 1.82) is 0 Å². The van der Waals surface area contributed by atoms with E-state index in [0.29, 0.717) is 23.0 Å². The van der Waals surface area contributed by atoms with Gasteiger partial charge in [-0.1, -0.05) is 12.8 Å². The van der Waals surface area contributed by atoms with Gasteiger partial charge >= 0.3 is 0 Å². The summed E-state index contributed by atoms with van der Waals surface area (Å²) < 4.78 is 1.75. The molecule has 0 aromatic carbocycles. The number of rotatable bonds is 5. The highest BCUT2D eigenvalue weighted by Crippen LogP contribution is 2.31. The van der Waals surface area contributed by atoms with Gasteiger partial charge in [-0.05, 0) is 43.9 Å². The first-order valence-electron chi connectivity index (χ1n) is 10.7. The van der Waals surface area contributed by atoms with Gasteiger partial charge in [-0.2, -0.15) is 4.98 Å². The molecule has 0 atom stereocenters. The van der Waals surface area contributed by atoms with E-state index in [0.717, 1.165) is 49.8 Å². The van der Waals surface area contributed by atoms with Gasteiger partial charge in [-0.25, -0.2) is 9.97 Å². The van der Waals surface area contributed by atoms with E-state index in [1.807, 2.05) is 12.3 Å². The number of anilines is 3. The average molecular weight is 406 g/mol. The lowest BCUT2D eigenvalue weighted by molar-refractivity contribution is 0.279. The maximum absolute atomic E-state index is 12.9. The predicted molar refractivity (Wildman–Crippen MR) is 116 cm³/mol. The van der Waals surface area contributed by atoms with Crippen molar-refractivity contribution in [3.05, 3.63) is 46.5 Å². The fourth-order valence-electron chi connectivity index (χ4n) is 4.59. The summed E-state index contributed by atoms with van der Waals surface area (Å²) in [7, 11) is 0. The summed E-state index contributed by atoms with van der Waals surface area (Å²) in [4.78, 5) is 28.8. The fraction of sp³-hybridized carbons (Fsp3) is 0.455. The highest BCUT2D eigenvalue weighted by molar-refractivity contribution is 5.76. The standard InChI is InChI=1S/C22H26N6O2/c29-14-16-11-15-12-24-22(26-20(15)28(21(16)30)17-5-1-2-6-17)25-19-8-7-18(13-23-19)27-9-3-4-10-27/h7-8,11-13,17,29H,1-6,9-10,14H2,(H,23,24,25,26). The molecule has 1 saturated carbocycles. The lowest BCUT2D eigenvalue weighted by Crippen LogP contribution is -2.27. The van der Waals surface area contributed by atoms with Gasteiger partial charge in [0, 0.05) is 36.3 Å². The molecule has 0 amide bonds. The topological polar surface area (TPSA) is 96.2 Å². The molecule has 4 heterocycles. The molecule has 8 heteroatoms. The van der Waals surface area contributed by atoms with Crippen molar-refractivity contribution < 1.29 is 5.11 Å². The number of aromatic nitrogens is 4. The molecule has 1 aliphatic heterocycles. The molecule has 1 aliphatic carbocycles. The van der Waals surface area contributed by atoms with E-state index in [9.17, 15) is 9.90 Å². The molecular formula is C22H26N6O2. The van der Waals surface area contributed by atoms with Gasteiger partial charge in [-0.3, -0.25) is 9.36 Å². The number of pyridine rings is 2. The largest absolute Gasteiger partial charge is 0.391 e. The first kappa shape index (κ1) is 19.0. The summed E-state index contributed by atoms with van der Waals surface area (Å²) in [6.07, 6.45) is 10.1. The van der Waals surface area contributed by atoms with Crippen molar-refractivity contribution >= 4 is 28.5 Å². The van der Waals surface area contributed by atoms with Crippen LogP contribution < -0.4 is 15.8 Å². The number of nitrogens with zero attached hydrogens (tertiary/aromatic N) is 5. The quantitative estimate of drug-likeness (QED) is 0.672. The van der Waals surface area contributed by atoms with Crippen LogP contribution in [0.1, 0.15) is 50.1 Å². The van der Waals surface area contributed by atoms with Crippen LogP contribution >= 0.6 is 0 Å². The maximum Gasteiger partial charge on any atom is 0.258 e. The fourth-order valence-corrected chi connectivity index (χ4v) is 4.59. The highest BCUT2D eigenvalue weighted by Gasteiger charge is 2.22. The number of nitrogens with one attached hydrogen (secondary N) is 1. The monoisotopic (exact) mass is 406 g/mol. The molecule has 2 fully saturated rings. The second kappa shape index (κ2) is 8.02. The SMILES string of the molecule is O=c1c(CO)cc2cnc(Nc3ccc(N4CCCC4)cn3)nc2n1C1CCCC1. The third kappa shape index (κ3) is 3.52. The van der Waals surface area contributed by atoms with E-state index in [1.165, 1.54) is 12.8 Å². The van der Waals surface area contributed by atoms with Crippen molar-refractivity contribution in [2.75, 3.05) is 23.3 Å². The van der Waals surface area contributed by atoms with E-state index >= 15 is 0 Å². The van der Waals surface area contributed by atoms with Gasteiger partial charge in [0.25, 0.3) is 5.56 Å². The van der Waals surface area contributed by atoms with Gasteiger partial charge in [0.2, 0.25) is 5.95 Å². The van der Waals surface area contributed by atoms with Crippen LogP contribution in [-0.4, -0.2) is 37.7 Å². The Balaban J connectivity index is 1.48. The minimum absolute atomic E-state index is 0.118. The summed E-state index contributed by atoms with van der Waals surface area (Å²) in [6, 6.07) is 5.80. The molecule has 30 heavy (non-hydrogen) atoms. The van der Waals surface area contributed by atoms with Crippen LogP contribution in [0.25, 0.3) is 11.0 Å². The first-order valence-corrected chi connectivity index (χ1v) is 10.7. The van der Waals surface area contributed by atoms with Gasteiger partial charge in [0.1, 0.15) is 11.5 Å². The normalized spacial score (nSPS) is 17.2. The van der Waals surface area contributed by atoms with Crippen LogP contribution in [-0.2, 0) is 6.61 Å². The Kier molecular flexibility index (Phi) is 5.08. The van der Waals surface area contributed by atoms with E-state index in [2.05, 4.69) is 31.2 Å². The van der Waals surface area contributed by atoms with Gasteiger partial charge in [-0.15, -0.1) is 0 Å². The molecule has 0 unspecified atom stereocenters. The second-order valence-electron chi connectivity index (χ2n) is 8.13. The van der Waals surface area contributed by atoms with Crippen LogP contribution in [0, 0.1) is 0 Å². The Hall–Kier alpha value is -3.00. The summed E-state index contributed by atoms with van der Waals surface area (Å²) >= 11 is 0. The molecule has 0 bridgehead atoms. The van der Waals surface area contributed by atoms with Gasteiger partial charge in [0.15, 0.2) is 0 Å². The Morgan fingerprint density at radius 3 is 2.57 bits per heavy atom. The lowest BCUT2D eigenvalue weighted by Gasteiger charge is -2.18. The molecule has 5 rings (SSSR count). The Labute approximate surface area is 174 Å². The van der Waals surface area contributed by atoms with Crippen molar-refractivity contribution in [2.24, 2.45) is 0 Å². The van der Waals surface area contributed by atoms with Crippen LogP contribution in [0.15, 0.2) is 35.4 Å². The minimum Gasteiger partial charge on any atom is -0.391 e. The average Bonchev–Trinajstić information content (AvgIpc) is 3.48. The third-order valence-electron chi connectivity index (χ3n) is 6.17. The second-order valence-corrected chi connectivity index (χ2v) is 8.13. The number of hydrogen-bond acceptors (Lipinski definition) is 7. The summed E-state index contributed by atoms with van der Waals surface area (Å²) in [5, 5.41) is 13.5. The zero-order valence-electron chi connectivity index (χ0n) is 16.9. The van der Waals surface area contributed by atoms with E-state index in [-0.39, 0.29) is 18.2 Å². The van der Waals surface area contributed by atoms with Crippen molar-refractivity contribution in [3.63, 3.8) is 0 Å². The molecule has 2 aliphatic rings. The lowest BCUT2D eigenvalue weighted by atomic mass is 10.2. The molecule has 156 valence electrons. The maximum atomic E-state index is 12.9. The molecule has 2 N–H and O–H groups in total. The smallest absolute Gasteiger partial charge is 0.258 e. The first-order chi connectivity index (χ1) is 14.7. The van der Waals surface area contributed by atoms with Gasteiger partial charge < -0.3 is 15.3 Å². The van der Waals surface area contributed by atoms with E-state index < -0.39 is 0 Å². The third-order valence-corrected chi connectivity index (χ3v) is 6.17. The summed E-state index contributed by atoms with van der Waals surface area (Å²) in [6.45, 7) is 1.88. The zero-order valence-corrected chi connectivity index (χ0v) is 16.9. The Morgan fingerprint density at radius 1 is 1.07 bits per heavy atom. The van der Waals surface area contributed by atoms with E-state index in [1.54, 1.807) is 16.8 Å². The van der Waals surface area contributed by atoms with Crippen LogP contribution in [0.5, 0.6) is 0 Å². The van der Waals surface area contributed by atoms with Crippen LogP contribution in [0.3, 0.4) is 0 Å². The number of aliphatic hydroxyl groups is 1. The predicted octanol–water partition coefficient (Wildman–Crippen LogP) is 3.14. The molecule has 0 radical (unpaired) electrons. The molecule has 3 aromatic heterocycles.